The van der Waals surface area contributed by atoms with Gasteiger partial charge in [0.2, 0.25) is 0 Å². The highest BCUT2D eigenvalue weighted by atomic mass is 79.9. The zero-order valence-corrected chi connectivity index (χ0v) is 12.7. The van der Waals surface area contributed by atoms with Gasteiger partial charge in [-0.3, -0.25) is 0 Å². The Hall–Kier alpha value is -0.350. The van der Waals surface area contributed by atoms with E-state index in [1.807, 2.05) is 14.1 Å². The molecule has 0 aliphatic rings. The molecule has 0 saturated carbocycles. The number of hydrogen-bond donors (Lipinski definition) is 0. The molecular weight excluding hydrogens is 270 g/mol. The molecule has 0 bridgehead atoms. The van der Waals surface area contributed by atoms with E-state index in [4.69, 9.17) is 4.74 Å². The predicted molar refractivity (Wildman–Crippen MR) is 73.1 cm³/mol. The van der Waals surface area contributed by atoms with Crippen LogP contribution in [0.5, 0.6) is 0 Å². The van der Waals surface area contributed by atoms with Gasteiger partial charge in [-0.1, -0.05) is 13.5 Å². The Morgan fingerprint density at radius 1 is 1.44 bits per heavy atom. The van der Waals surface area contributed by atoms with E-state index in [9.17, 15) is 4.79 Å². The van der Waals surface area contributed by atoms with Crippen molar-refractivity contribution < 1.29 is 9.53 Å². The fourth-order valence-corrected chi connectivity index (χ4v) is 1.20. The van der Waals surface area contributed by atoms with Crippen molar-refractivity contribution >= 4 is 23.0 Å². The third-order valence-corrected chi connectivity index (χ3v) is 3.06. The fourth-order valence-electron chi connectivity index (χ4n) is 1.20. The minimum Gasteiger partial charge on any atom is -0.462 e. The molecule has 1 atom stereocenters. The fraction of sp³-hybridized carbons (Fsp3) is 0.750. The van der Waals surface area contributed by atoms with E-state index in [1.165, 1.54) is 0 Å². The average molecular weight is 294 g/mol. The summed E-state index contributed by atoms with van der Waals surface area (Å²) in [5.74, 6) is -0.299. The lowest BCUT2D eigenvalue weighted by Crippen LogP contribution is -2.41. The first-order valence-electron chi connectivity index (χ1n) is 5.33. The molecule has 0 fully saturated rings. The van der Waals surface area contributed by atoms with Gasteiger partial charge in [0.05, 0.1) is 6.61 Å². The van der Waals surface area contributed by atoms with Crippen LogP contribution in [0, 0.1) is 0 Å². The highest BCUT2D eigenvalue weighted by Gasteiger charge is 2.24. The van der Waals surface area contributed by atoms with E-state index < -0.39 is 0 Å². The molecule has 0 aliphatic heterocycles. The van der Waals surface area contributed by atoms with Crippen LogP contribution in [0.4, 0.5) is 0 Å². The van der Waals surface area contributed by atoms with Crippen molar-refractivity contribution in [2.45, 2.75) is 39.2 Å². The molecule has 0 aliphatic carbocycles. The van der Waals surface area contributed by atoms with Gasteiger partial charge in [-0.05, 0) is 40.8 Å². The summed E-state index contributed by atoms with van der Waals surface area (Å²) < 4.78 is 5.09. The summed E-state index contributed by atoms with van der Waals surface area (Å²) in [6.45, 7) is 9.96. The Morgan fingerprint density at radius 2 is 1.94 bits per heavy atom. The van der Waals surface area contributed by atoms with Crippen LogP contribution in [0.1, 0.15) is 33.6 Å². The zero-order chi connectivity index (χ0) is 12.1. The highest BCUT2D eigenvalue weighted by Crippen LogP contribution is 2.20. The largest absolute Gasteiger partial charge is 0.462 e. The quantitative estimate of drug-likeness (QED) is 0.557. The Balaban J connectivity index is 0. The summed E-state index contributed by atoms with van der Waals surface area (Å²) >= 11 is 0. The second-order valence-electron chi connectivity index (χ2n) is 4.41. The SMILES string of the molecule is Br.C=C(C)C(=O)OCCC(C)(CC)N(C)C. The number of ether oxygens (including phenoxy) is 1. The molecule has 0 amide bonds. The van der Waals surface area contributed by atoms with Crippen LogP contribution in [0.15, 0.2) is 12.2 Å². The van der Waals surface area contributed by atoms with Gasteiger partial charge in [0.25, 0.3) is 0 Å². The summed E-state index contributed by atoms with van der Waals surface area (Å²) in [4.78, 5) is 13.3. The molecule has 0 aromatic carbocycles. The second kappa shape index (κ2) is 7.85. The Bertz CT molecular complexity index is 241. The van der Waals surface area contributed by atoms with Crippen LogP contribution in [0.3, 0.4) is 0 Å². The number of rotatable bonds is 6. The van der Waals surface area contributed by atoms with E-state index in [2.05, 4.69) is 25.3 Å². The molecule has 0 aromatic heterocycles. The third-order valence-electron chi connectivity index (χ3n) is 3.06. The van der Waals surface area contributed by atoms with E-state index in [0.29, 0.717) is 12.2 Å². The van der Waals surface area contributed by atoms with Crippen LogP contribution in [0.2, 0.25) is 0 Å². The van der Waals surface area contributed by atoms with Gasteiger partial charge < -0.3 is 9.64 Å². The van der Waals surface area contributed by atoms with Crippen molar-refractivity contribution in [2.24, 2.45) is 0 Å². The molecular formula is C12H24BrNO2. The lowest BCUT2D eigenvalue weighted by atomic mass is 9.94. The van der Waals surface area contributed by atoms with Crippen molar-refractivity contribution in [3.05, 3.63) is 12.2 Å². The Morgan fingerprint density at radius 3 is 2.25 bits per heavy atom. The van der Waals surface area contributed by atoms with E-state index in [0.717, 1.165) is 12.8 Å². The Labute approximate surface area is 110 Å². The van der Waals surface area contributed by atoms with Crippen LogP contribution >= 0.6 is 17.0 Å². The lowest BCUT2D eigenvalue weighted by Gasteiger charge is -2.35. The molecule has 0 saturated heterocycles. The van der Waals surface area contributed by atoms with E-state index in [1.54, 1.807) is 6.92 Å². The maximum Gasteiger partial charge on any atom is 0.333 e. The minimum atomic E-state index is -0.299. The summed E-state index contributed by atoms with van der Waals surface area (Å²) in [5, 5.41) is 0. The second-order valence-corrected chi connectivity index (χ2v) is 4.41. The third kappa shape index (κ3) is 5.66. The highest BCUT2D eigenvalue weighted by molar-refractivity contribution is 8.93. The topological polar surface area (TPSA) is 29.5 Å². The van der Waals surface area contributed by atoms with E-state index in [-0.39, 0.29) is 28.5 Å². The van der Waals surface area contributed by atoms with Crippen molar-refractivity contribution in [1.82, 2.24) is 4.90 Å². The van der Waals surface area contributed by atoms with Crippen LogP contribution < -0.4 is 0 Å². The van der Waals surface area contributed by atoms with Crippen molar-refractivity contribution in [3.8, 4) is 0 Å². The molecule has 0 aromatic rings. The molecule has 0 heterocycles. The van der Waals surface area contributed by atoms with Crippen LogP contribution in [0.25, 0.3) is 0 Å². The van der Waals surface area contributed by atoms with Gasteiger partial charge in [0.15, 0.2) is 0 Å². The summed E-state index contributed by atoms with van der Waals surface area (Å²) in [5.41, 5.74) is 0.549. The van der Waals surface area contributed by atoms with Crippen molar-refractivity contribution in [1.29, 1.82) is 0 Å². The molecule has 0 radical (unpaired) electrons. The first-order valence-corrected chi connectivity index (χ1v) is 5.33. The van der Waals surface area contributed by atoms with Crippen molar-refractivity contribution in [2.75, 3.05) is 20.7 Å². The number of halogens is 1. The predicted octanol–water partition coefficient (Wildman–Crippen LogP) is 2.80. The zero-order valence-electron chi connectivity index (χ0n) is 11.0. The van der Waals surface area contributed by atoms with Gasteiger partial charge >= 0.3 is 5.97 Å². The van der Waals surface area contributed by atoms with Gasteiger partial charge in [0, 0.05) is 11.1 Å². The van der Waals surface area contributed by atoms with Crippen LogP contribution in [-0.2, 0) is 9.53 Å². The number of carbonyl (C=O) groups is 1. The minimum absolute atomic E-state index is 0. The van der Waals surface area contributed by atoms with Gasteiger partial charge in [-0.15, -0.1) is 17.0 Å². The Kier molecular flexibility index (Phi) is 8.84. The summed E-state index contributed by atoms with van der Waals surface area (Å²) in [7, 11) is 4.09. The number of nitrogens with zero attached hydrogens (tertiary/aromatic N) is 1. The van der Waals surface area contributed by atoms with Gasteiger partial charge in [0.1, 0.15) is 0 Å². The molecule has 16 heavy (non-hydrogen) atoms. The molecule has 0 rings (SSSR count). The molecule has 4 heteroatoms. The number of hydrogen-bond acceptors (Lipinski definition) is 3. The van der Waals surface area contributed by atoms with Crippen LogP contribution in [-0.4, -0.2) is 37.1 Å². The van der Waals surface area contributed by atoms with Gasteiger partial charge in [-0.2, -0.15) is 0 Å². The molecule has 0 spiro atoms. The number of esters is 1. The lowest BCUT2D eigenvalue weighted by molar-refractivity contribution is -0.139. The first kappa shape index (κ1) is 18.0. The smallest absolute Gasteiger partial charge is 0.333 e. The standard InChI is InChI=1S/C12H23NO2.BrH/c1-7-12(4,13(5)6)8-9-15-11(14)10(2)3;/h2,7-9H2,1,3-6H3;1H. The summed E-state index contributed by atoms with van der Waals surface area (Å²) in [6.07, 6.45) is 1.88. The molecule has 3 nitrogen and oxygen atoms in total. The maximum atomic E-state index is 11.2. The molecule has 96 valence electrons. The normalized spacial score (nSPS) is 13.9. The van der Waals surface area contributed by atoms with E-state index >= 15 is 0 Å². The molecule has 0 N–H and O–H groups in total. The van der Waals surface area contributed by atoms with Gasteiger partial charge in [-0.25, -0.2) is 4.79 Å². The average Bonchev–Trinajstić information content (AvgIpc) is 2.16. The first-order chi connectivity index (χ1) is 6.83. The monoisotopic (exact) mass is 293 g/mol. The molecule has 1 unspecified atom stereocenters. The number of carbonyl (C=O) groups excluding carboxylic acids is 1. The maximum absolute atomic E-state index is 11.2. The summed E-state index contributed by atoms with van der Waals surface area (Å²) in [6, 6.07) is 0. The van der Waals surface area contributed by atoms with Crippen molar-refractivity contribution in [3.63, 3.8) is 0 Å².